The molecule has 1 saturated heterocycles. The van der Waals surface area contributed by atoms with E-state index >= 15 is 0 Å². The minimum absolute atomic E-state index is 0.160. The Hall–Kier alpha value is -2.66. The Morgan fingerprint density at radius 3 is 2.38 bits per heavy atom. The Morgan fingerprint density at radius 2 is 1.71 bits per heavy atom. The van der Waals surface area contributed by atoms with E-state index in [4.69, 9.17) is 14.2 Å². The second kappa shape index (κ2) is 10.3. The van der Waals surface area contributed by atoms with Crippen LogP contribution in [0.2, 0.25) is 0 Å². The first kappa shape index (κ1) is 24.5. The maximum Gasteiger partial charge on any atom is 0.243 e. The minimum atomic E-state index is -3.64. The van der Waals surface area contributed by atoms with Crippen molar-refractivity contribution in [1.29, 1.82) is 0 Å². The summed E-state index contributed by atoms with van der Waals surface area (Å²) in [5.74, 6) is 1.18. The van der Waals surface area contributed by atoms with Gasteiger partial charge in [-0.25, -0.2) is 8.42 Å². The number of hydrogen-bond acceptors (Lipinski definition) is 7. The maximum atomic E-state index is 13.0. The Balaban J connectivity index is 1.45. The Morgan fingerprint density at radius 1 is 1.03 bits per heavy atom. The summed E-state index contributed by atoms with van der Waals surface area (Å²) in [5.41, 5.74) is 2.74. The molecule has 1 atom stereocenters. The smallest absolute Gasteiger partial charge is 0.243 e. The van der Waals surface area contributed by atoms with Crippen molar-refractivity contribution in [1.82, 2.24) is 9.21 Å². The molecule has 0 spiro atoms. The number of benzene rings is 2. The summed E-state index contributed by atoms with van der Waals surface area (Å²) in [5, 5.41) is 2.89. The summed E-state index contributed by atoms with van der Waals surface area (Å²) in [4.78, 5) is 15.3. The van der Waals surface area contributed by atoms with Crippen molar-refractivity contribution in [2.75, 3.05) is 52.4 Å². The number of nitrogens with one attached hydrogen (secondary N) is 1. The van der Waals surface area contributed by atoms with Gasteiger partial charge in [0.25, 0.3) is 0 Å². The first-order valence-electron chi connectivity index (χ1n) is 11.3. The Kier molecular flexibility index (Phi) is 7.42. The van der Waals surface area contributed by atoms with Gasteiger partial charge in [0.1, 0.15) is 0 Å². The number of amides is 1. The van der Waals surface area contributed by atoms with Crippen LogP contribution in [-0.2, 0) is 32.5 Å². The number of rotatable bonds is 7. The van der Waals surface area contributed by atoms with E-state index in [1.165, 1.54) is 15.9 Å². The number of hydrogen-bond donors (Lipinski definition) is 1. The molecule has 34 heavy (non-hydrogen) atoms. The lowest BCUT2D eigenvalue weighted by atomic mass is 9.97. The van der Waals surface area contributed by atoms with Crippen LogP contribution in [0, 0.1) is 0 Å². The number of anilines is 1. The molecule has 1 fully saturated rings. The highest BCUT2D eigenvalue weighted by Crippen LogP contribution is 2.33. The van der Waals surface area contributed by atoms with Crippen LogP contribution in [0.5, 0.6) is 11.5 Å². The van der Waals surface area contributed by atoms with Crippen LogP contribution >= 0.6 is 0 Å². The summed E-state index contributed by atoms with van der Waals surface area (Å²) >= 11 is 0. The molecule has 1 N–H and O–H groups in total. The summed E-state index contributed by atoms with van der Waals surface area (Å²) < 4.78 is 43.4. The fraction of sp³-hybridized carbons (Fsp3) is 0.458. The monoisotopic (exact) mass is 489 g/mol. The van der Waals surface area contributed by atoms with Crippen LogP contribution in [-0.4, -0.2) is 76.6 Å². The number of fused-ring (bicyclic) bond motifs is 1. The van der Waals surface area contributed by atoms with Gasteiger partial charge >= 0.3 is 0 Å². The molecule has 2 heterocycles. The molecule has 1 amide bonds. The van der Waals surface area contributed by atoms with Gasteiger partial charge in [0.05, 0.1) is 38.4 Å². The van der Waals surface area contributed by atoms with Gasteiger partial charge in [-0.1, -0.05) is 6.07 Å². The summed E-state index contributed by atoms with van der Waals surface area (Å²) in [6.07, 6.45) is 0.792. The lowest BCUT2D eigenvalue weighted by molar-refractivity contribution is -0.121. The molecular formula is C24H31N3O6S. The first-order chi connectivity index (χ1) is 16.3. The normalized spacial score (nSPS) is 18.1. The molecule has 2 aliphatic rings. The number of sulfonamides is 1. The van der Waals surface area contributed by atoms with E-state index in [1.807, 2.05) is 19.1 Å². The van der Waals surface area contributed by atoms with Gasteiger partial charge < -0.3 is 19.5 Å². The summed E-state index contributed by atoms with van der Waals surface area (Å²) in [6, 6.07) is 9.96. The number of morpholine rings is 1. The molecule has 10 heteroatoms. The predicted molar refractivity (Wildman–Crippen MR) is 128 cm³/mol. The fourth-order valence-electron chi connectivity index (χ4n) is 4.32. The SMILES string of the molecule is COc1cc2c(cc1OC)CN([C@H](C)C(=O)Nc1cccc(S(=O)(=O)N3CCOCC3)c1)CC2. The zero-order valence-electron chi connectivity index (χ0n) is 19.7. The molecular weight excluding hydrogens is 458 g/mol. The molecule has 2 aromatic carbocycles. The molecule has 4 rings (SSSR count). The quantitative estimate of drug-likeness (QED) is 0.636. The summed E-state index contributed by atoms with van der Waals surface area (Å²) in [7, 11) is -0.414. The molecule has 0 aromatic heterocycles. The van der Waals surface area contributed by atoms with Crippen molar-refractivity contribution in [3.05, 3.63) is 47.5 Å². The Bertz CT molecular complexity index is 1150. The third-order valence-electron chi connectivity index (χ3n) is 6.38. The second-order valence-corrected chi connectivity index (χ2v) is 10.3. The fourth-order valence-corrected chi connectivity index (χ4v) is 5.77. The number of ether oxygens (including phenoxy) is 3. The van der Waals surface area contributed by atoms with E-state index in [9.17, 15) is 13.2 Å². The average Bonchev–Trinajstić information content (AvgIpc) is 2.87. The molecule has 0 aliphatic carbocycles. The van der Waals surface area contributed by atoms with Crippen molar-refractivity contribution in [2.45, 2.75) is 30.8 Å². The van der Waals surface area contributed by atoms with Crippen molar-refractivity contribution in [3.8, 4) is 11.5 Å². The number of carbonyl (C=O) groups excluding carboxylic acids is 1. The van der Waals surface area contributed by atoms with Gasteiger partial charge in [0.2, 0.25) is 15.9 Å². The van der Waals surface area contributed by atoms with E-state index < -0.39 is 16.1 Å². The van der Waals surface area contributed by atoms with E-state index in [1.54, 1.807) is 32.4 Å². The maximum absolute atomic E-state index is 13.0. The van der Waals surface area contributed by atoms with Crippen LogP contribution in [0.4, 0.5) is 5.69 Å². The third-order valence-corrected chi connectivity index (χ3v) is 8.28. The van der Waals surface area contributed by atoms with E-state index in [2.05, 4.69) is 10.2 Å². The molecule has 184 valence electrons. The molecule has 0 unspecified atom stereocenters. The van der Waals surface area contributed by atoms with Crippen LogP contribution < -0.4 is 14.8 Å². The molecule has 0 saturated carbocycles. The molecule has 0 bridgehead atoms. The van der Waals surface area contributed by atoms with Crippen LogP contribution in [0.15, 0.2) is 41.3 Å². The van der Waals surface area contributed by atoms with E-state index in [0.717, 1.165) is 18.5 Å². The van der Waals surface area contributed by atoms with E-state index in [-0.39, 0.29) is 10.8 Å². The molecule has 0 radical (unpaired) electrons. The largest absolute Gasteiger partial charge is 0.493 e. The zero-order chi connectivity index (χ0) is 24.3. The van der Waals surface area contributed by atoms with Gasteiger partial charge in [-0.3, -0.25) is 9.69 Å². The molecule has 2 aromatic rings. The second-order valence-electron chi connectivity index (χ2n) is 8.41. The lowest BCUT2D eigenvalue weighted by Gasteiger charge is -2.33. The molecule has 9 nitrogen and oxygen atoms in total. The highest BCUT2D eigenvalue weighted by molar-refractivity contribution is 7.89. The molecule has 2 aliphatic heterocycles. The van der Waals surface area contributed by atoms with Gasteiger partial charge in [-0.15, -0.1) is 0 Å². The highest BCUT2D eigenvalue weighted by Gasteiger charge is 2.28. The van der Waals surface area contributed by atoms with Crippen molar-refractivity contribution in [2.24, 2.45) is 0 Å². The minimum Gasteiger partial charge on any atom is -0.493 e. The van der Waals surface area contributed by atoms with Crippen molar-refractivity contribution < 1.29 is 27.4 Å². The third kappa shape index (κ3) is 5.05. The highest BCUT2D eigenvalue weighted by atomic mass is 32.2. The standard InChI is InChI=1S/C24H31N3O6S/c1-17(26-8-7-18-13-22(31-2)23(32-3)14-19(18)16-26)24(28)25-20-5-4-6-21(15-20)34(29,30)27-9-11-33-12-10-27/h4-6,13-15,17H,7-12,16H2,1-3H3,(H,25,28)/t17-/m1/s1. The number of carbonyl (C=O) groups is 1. The first-order valence-corrected chi connectivity index (χ1v) is 12.7. The predicted octanol–water partition coefficient (Wildman–Crippen LogP) is 2.11. The Labute approximate surface area is 200 Å². The summed E-state index contributed by atoms with van der Waals surface area (Å²) in [6.45, 7) is 4.59. The van der Waals surface area contributed by atoms with Gasteiger partial charge in [0.15, 0.2) is 11.5 Å². The van der Waals surface area contributed by atoms with Crippen molar-refractivity contribution in [3.63, 3.8) is 0 Å². The van der Waals surface area contributed by atoms with Crippen LogP contribution in [0.3, 0.4) is 0 Å². The van der Waals surface area contributed by atoms with E-state index in [0.29, 0.717) is 50.0 Å². The van der Waals surface area contributed by atoms with Gasteiger partial charge in [-0.2, -0.15) is 4.31 Å². The van der Waals surface area contributed by atoms with Gasteiger partial charge in [-0.05, 0) is 54.8 Å². The zero-order valence-corrected chi connectivity index (χ0v) is 20.6. The van der Waals surface area contributed by atoms with Gasteiger partial charge in [0, 0.05) is 31.9 Å². The number of methoxy groups -OCH3 is 2. The van der Waals surface area contributed by atoms with Crippen molar-refractivity contribution >= 4 is 21.6 Å². The van der Waals surface area contributed by atoms with Crippen LogP contribution in [0.25, 0.3) is 0 Å². The average molecular weight is 490 g/mol. The lowest BCUT2D eigenvalue weighted by Crippen LogP contribution is -2.44. The van der Waals surface area contributed by atoms with Crippen LogP contribution in [0.1, 0.15) is 18.1 Å². The topological polar surface area (TPSA) is 97.4 Å². The number of nitrogens with zero attached hydrogens (tertiary/aromatic N) is 2.